The minimum Gasteiger partial charge on any atom is -0.271 e. The van der Waals surface area contributed by atoms with Gasteiger partial charge in [0.2, 0.25) is 5.92 Å². The molecule has 1 atom stereocenters. The van der Waals surface area contributed by atoms with E-state index in [1.165, 1.54) is 0 Å². The number of hydrogen-bond donors (Lipinski definition) is 2. The smallest absolute Gasteiger partial charge is 0.248 e. The number of halogens is 2. The number of nitrogens with two attached hydrogens (primary N) is 1. The Balaban J connectivity index is 2.05. The highest BCUT2D eigenvalue weighted by Gasteiger charge is 2.37. The third-order valence-electron chi connectivity index (χ3n) is 3.46. The molecule has 1 saturated carbocycles. The molecule has 0 radical (unpaired) electrons. The molecule has 5 heteroatoms. The molecule has 0 amide bonds. The van der Waals surface area contributed by atoms with Crippen LogP contribution in [0.15, 0.2) is 24.5 Å². The summed E-state index contributed by atoms with van der Waals surface area (Å²) in [4.78, 5) is 4.03. The van der Waals surface area contributed by atoms with Crippen molar-refractivity contribution in [1.29, 1.82) is 0 Å². The van der Waals surface area contributed by atoms with Crippen LogP contribution in [0.4, 0.5) is 8.78 Å². The lowest BCUT2D eigenvalue weighted by Gasteiger charge is -2.33. The Bertz CT molecular complexity index is 346. The molecule has 0 saturated heterocycles. The molecule has 0 aromatic carbocycles. The number of nitrogens with one attached hydrogen (secondary N) is 1. The van der Waals surface area contributed by atoms with Gasteiger partial charge >= 0.3 is 0 Å². The SMILES string of the molecule is NNC(c1cccnc1)C1CCC(F)(F)CC1. The van der Waals surface area contributed by atoms with E-state index in [9.17, 15) is 8.78 Å². The molecule has 3 N–H and O–H groups in total. The normalized spacial score (nSPS) is 22.3. The van der Waals surface area contributed by atoms with Gasteiger partial charge in [0.15, 0.2) is 0 Å². The van der Waals surface area contributed by atoms with E-state index in [2.05, 4.69) is 10.4 Å². The largest absolute Gasteiger partial charge is 0.271 e. The zero-order valence-electron chi connectivity index (χ0n) is 9.57. The molecule has 0 aliphatic heterocycles. The van der Waals surface area contributed by atoms with E-state index < -0.39 is 5.92 Å². The van der Waals surface area contributed by atoms with Crippen molar-refractivity contribution in [2.45, 2.75) is 37.6 Å². The van der Waals surface area contributed by atoms with Gasteiger partial charge in [-0.15, -0.1) is 0 Å². The zero-order chi connectivity index (χ0) is 12.3. The summed E-state index contributed by atoms with van der Waals surface area (Å²) in [5, 5.41) is 0. The quantitative estimate of drug-likeness (QED) is 0.631. The standard InChI is InChI=1S/C12H17F2N3/c13-12(14)5-3-9(4-6-12)11(17-15)10-2-1-7-16-8-10/h1-2,7-9,11,17H,3-6,15H2. The average molecular weight is 241 g/mol. The van der Waals surface area contributed by atoms with Gasteiger partial charge in [0.1, 0.15) is 0 Å². The zero-order valence-corrected chi connectivity index (χ0v) is 9.57. The Hall–Kier alpha value is -1.07. The van der Waals surface area contributed by atoms with Crippen LogP contribution in [-0.4, -0.2) is 10.9 Å². The molecule has 0 bridgehead atoms. The van der Waals surface area contributed by atoms with Crippen molar-refractivity contribution in [3.63, 3.8) is 0 Å². The molecule has 1 heterocycles. The second-order valence-electron chi connectivity index (χ2n) is 4.62. The Morgan fingerprint density at radius 1 is 1.41 bits per heavy atom. The van der Waals surface area contributed by atoms with E-state index in [1.807, 2.05) is 12.1 Å². The van der Waals surface area contributed by atoms with E-state index in [1.54, 1.807) is 12.4 Å². The predicted molar refractivity (Wildman–Crippen MR) is 61.2 cm³/mol. The number of alkyl halides is 2. The van der Waals surface area contributed by atoms with E-state index in [0.717, 1.165) is 5.56 Å². The number of aromatic nitrogens is 1. The Labute approximate surface area is 99.4 Å². The van der Waals surface area contributed by atoms with Crippen molar-refractivity contribution in [3.8, 4) is 0 Å². The van der Waals surface area contributed by atoms with Gasteiger partial charge < -0.3 is 0 Å². The van der Waals surface area contributed by atoms with Crippen LogP contribution in [0.3, 0.4) is 0 Å². The molecule has 2 rings (SSSR count). The van der Waals surface area contributed by atoms with Crippen LogP contribution in [0.1, 0.15) is 37.3 Å². The van der Waals surface area contributed by atoms with E-state index in [4.69, 9.17) is 5.84 Å². The minimum atomic E-state index is -2.50. The van der Waals surface area contributed by atoms with Crippen LogP contribution < -0.4 is 11.3 Å². The lowest BCUT2D eigenvalue weighted by Crippen LogP contribution is -2.37. The molecule has 1 fully saturated rings. The molecular formula is C12H17F2N3. The first-order chi connectivity index (χ1) is 8.12. The number of rotatable bonds is 3. The molecule has 1 aliphatic carbocycles. The predicted octanol–water partition coefficient (Wildman–Crippen LogP) is 2.41. The maximum Gasteiger partial charge on any atom is 0.248 e. The van der Waals surface area contributed by atoms with Gasteiger partial charge in [0.25, 0.3) is 0 Å². The van der Waals surface area contributed by atoms with E-state index in [-0.39, 0.29) is 24.8 Å². The second kappa shape index (κ2) is 5.06. The molecule has 94 valence electrons. The van der Waals surface area contributed by atoms with Crippen LogP contribution in [0.25, 0.3) is 0 Å². The number of pyridine rings is 1. The van der Waals surface area contributed by atoms with Gasteiger partial charge in [-0.1, -0.05) is 6.07 Å². The lowest BCUT2D eigenvalue weighted by molar-refractivity contribution is -0.0498. The van der Waals surface area contributed by atoms with Crippen LogP contribution in [-0.2, 0) is 0 Å². The maximum atomic E-state index is 13.1. The number of hydrazine groups is 1. The van der Waals surface area contributed by atoms with Gasteiger partial charge in [0, 0.05) is 25.2 Å². The van der Waals surface area contributed by atoms with Crippen molar-refractivity contribution in [3.05, 3.63) is 30.1 Å². The molecule has 1 aliphatic rings. The van der Waals surface area contributed by atoms with Gasteiger partial charge in [-0.25, -0.2) is 8.78 Å². The first-order valence-corrected chi connectivity index (χ1v) is 5.86. The highest BCUT2D eigenvalue weighted by Crippen LogP contribution is 2.40. The summed E-state index contributed by atoms with van der Waals surface area (Å²) in [5.41, 5.74) is 3.69. The van der Waals surface area contributed by atoms with E-state index in [0.29, 0.717) is 12.8 Å². The molecule has 1 aromatic heterocycles. The number of nitrogens with zero attached hydrogens (tertiary/aromatic N) is 1. The second-order valence-corrected chi connectivity index (χ2v) is 4.62. The van der Waals surface area contributed by atoms with Crippen LogP contribution >= 0.6 is 0 Å². The fourth-order valence-electron chi connectivity index (χ4n) is 2.46. The highest BCUT2D eigenvalue weighted by atomic mass is 19.3. The van der Waals surface area contributed by atoms with Crippen LogP contribution in [0.5, 0.6) is 0 Å². The summed E-state index contributed by atoms with van der Waals surface area (Å²) >= 11 is 0. The van der Waals surface area contributed by atoms with Crippen LogP contribution in [0.2, 0.25) is 0 Å². The molecule has 0 spiro atoms. The van der Waals surface area contributed by atoms with Crippen molar-refractivity contribution in [2.24, 2.45) is 11.8 Å². The Kier molecular flexibility index (Phi) is 3.69. The summed E-state index contributed by atoms with van der Waals surface area (Å²) in [5.74, 6) is 3.20. The fourth-order valence-corrected chi connectivity index (χ4v) is 2.46. The summed E-state index contributed by atoms with van der Waals surface area (Å²) in [7, 11) is 0. The lowest BCUT2D eigenvalue weighted by atomic mass is 9.80. The summed E-state index contributed by atoms with van der Waals surface area (Å²) in [6, 6.07) is 3.67. The molecular weight excluding hydrogens is 224 g/mol. The third-order valence-corrected chi connectivity index (χ3v) is 3.46. The first kappa shape index (κ1) is 12.4. The molecule has 17 heavy (non-hydrogen) atoms. The van der Waals surface area contributed by atoms with Gasteiger partial charge in [-0.3, -0.25) is 16.3 Å². The highest BCUT2D eigenvalue weighted by molar-refractivity contribution is 5.15. The monoisotopic (exact) mass is 241 g/mol. The van der Waals surface area contributed by atoms with Crippen molar-refractivity contribution < 1.29 is 8.78 Å². The van der Waals surface area contributed by atoms with E-state index >= 15 is 0 Å². The van der Waals surface area contributed by atoms with Crippen LogP contribution in [0, 0.1) is 5.92 Å². The van der Waals surface area contributed by atoms with Crippen molar-refractivity contribution in [2.75, 3.05) is 0 Å². The molecule has 1 aromatic rings. The third kappa shape index (κ3) is 2.98. The average Bonchev–Trinajstić information content (AvgIpc) is 2.33. The summed E-state index contributed by atoms with van der Waals surface area (Å²) in [6.07, 6.45) is 4.32. The first-order valence-electron chi connectivity index (χ1n) is 5.86. The Morgan fingerprint density at radius 3 is 2.65 bits per heavy atom. The molecule has 3 nitrogen and oxygen atoms in total. The summed E-state index contributed by atoms with van der Waals surface area (Å²) in [6.45, 7) is 0. The van der Waals surface area contributed by atoms with Gasteiger partial charge in [-0.2, -0.15) is 0 Å². The van der Waals surface area contributed by atoms with Gasteiger partial charge in [0.05, 0.1) is 6.04 Å². The van der Waals surface area contributed by atoms with Gasteiger partial charge in [-0.05, 0) is 30.4 Å². The van der Waals surface area contributed by atoms with Crippen molar-refractivity contribution in [1.82, 2.24) is 10.4 Å². The Morgan fingerprint density at radius 2 is 2.12 bits per heavy atom. The van der Waals surface area contributed by atoms with Crippen molar-refractivity contribution >= 4 is 0 Å². The minimum absolute atomic E-state index is 0.0455. The maximum absolute atomic E-state index is 13.1. The topological polar surface area (TPSA) is 50.9 Å². The fraction of sp³-hybridized carbons (Fsp3) is 0.583. The summed E-state index contributed by atoms with van der Waals surface area (Å²) < 4.78 is 26.2. The number of hydrogen-bond acceptors (Lipinski definition) is 3. The molecule has 1 unspecified atom stereocenters.